The Morgan fingerprint density at radius 1 is 1.50 bits per heavy atom. The van der Waals surface area contributed by atoms with Gasteiger partial charge in [-0.25, -0.2) is 9.18 Å². The largest absolute Gasteiger partial charge is 0.463 e. The summed E-state index contributed by atoms with van der Waals surface area (Å²) in [6, 6.07) is 0. The Bertz CT molecular complexity index is 189. The van der Waals surface area contributed by atoms with E-state index < -0.39 is 17.2 Å². The molecule has 0 unspecified atom stereocenters. The van der Waals surface area contributed by atoms with Crippen LogP contribution in [0.5, 0.6) is 0 Å². The molecule has 0 radical (unpaired) electrons. The Labute approximate surface area is 72.4 Å². The van der Waals surface area contributed by atoms with Gasteiger partial charge in [0.05, 0.1) is 12.7 Å². The third-order valence-electron chi connectivity index (χ3n) is 1.25. The molecule has 70 valence electrons. The average molecular weight is 174 g/mol. The van der Waals surface area contributed by atoms with Crippen molar-refractivity contribution in [2.75, 3.05) is 6.61 Å². The third-order valence-corrected chi connectivity index (χ3v) is 1.25. The second kappa shape index (κ2) is 4.24. The number of rotatable bonds is 2. The van der Waals surface area contributed by atoms with E-state index in [-0.39, 0.29) is 6.61 Å². The summed E-state index contributed by atoms with van der Waals surface area (Å²) < 4.78 is 17.6. The molecule has 0 atom stereocenters. The van der Waals surface area contributed by atoms with Gasteiger partial charge >= 0.3 is 5.97 Å². The van der Waals surface area contributed by atoms with Gasteiger partial charge in [0.1, 0.15) is 5.83 Å². The van der Waals surface area contributed by atoms with E-state index in [4.69, 9.17) is 0 Å². The van der Waals surface area contributed by atoms with Crippen molar-refractivity contribution in [3.63, 3.8) is 0 Å². The van der Waals surface area contributed by atoms with Gasteiger partial charge < -0.3 is 4.74 Å². The summed E-state index contributed by atoms with van der Waals surface area (Å²) in [6.45, 7) is 7.03. The SMILES string of the molecule is CCOC(=O)/C=C(\F)C(C)(C)C. The topological polar surface area (TPSA) is 26.3 Å². The molecular formula is C9H15FO2. The van der Waals surface area contributed by atoms with Crippen LogP contribution in [-0.2, 0) is 9.53 Å². The molecule has 0 saturated carbocycles. The molecule has 0 bridgehead atoms. The minimum absolute atomic E-state index is 0.271. The lowest BCUT2D eigenvalue weighted by atomic mass is 9.95. The Morgan fingerprint density at radius 3 is 2.33 bits per heavy atom. The molecule has 0 N–H and O–H groups in total. The van der Waals surface area contributed by atoms with Crippen molar-refractivity contribution in [1.82, 2.24) is 0 Å². The number of hydrogen-bond donors (Lipinski definition) is 0. The highest BCUT2D eigenvalue weighted by Crippen LogP contribution is 2.25. The van der Waals surface area contributed by atoms with Crippen molar-refractivity contribution in [2.24, 2.45) is 5.41 Å². The van der Waals surface area contributed by atoms with Crippen molar-refractivity contribution < 1.29 is 13.9 Å². The van der Waals surface area contributed by atoms with Crippen LogP contribution in [0.3, 0.4) is 0 Å². The molecule has 0 saturated heterocycles. The van der Waals surface area contributed by atoms with E-state index in [0.717, 1.165) is 6.08 Å². The molecule has 0 aromatic rings. The Kier molecular flexibility index (Phi) is 3.93. The van der Waals surface area contributed by atoms with Crippen molar-refractivity contribution in [2.45, 2.75) is 27.7 Å². The van der Waals surface area contributed by atoms with Gasteiger partial charge in [-0.15, -0.1) is 0 Å². The number of allylic oxidation sites excluding steroid dienone is 1. The maximum Gasteiger partial charge on any atom is 0.333 e. The van der Waals surface area contributed by atoms with Gasteiger partial charge in [0.15, 0.2) is 0 Å². The van der Waals surface area contributed by atoms with Crippen LogP contribution in [0.1, 0.15) is 27.7 Å². The van der Waals surface area contributed by atoms with Crippen LogP contribution in [0.25, 0.3) is 0 Å². The summed E-state index contributed by atoms with van der Waals surface area (Å²) in [5, 5.41) is 0. The van der Waals surface area contributed by atoms with Gasteiger partial charge in [-0.05, 0) is 6.92 Å². The van der Waals surface area contributed by atoms with Gasteiger partial charge in [0.2, 0.25) is 0 Å². The van der Waals surface area contributed by atoms with Crippen LogP contribution >= 0.6 is 0 Å². The normalized spacial score (nSPS) is 12.9. The molecule has 0 amide bonds. The van der Waals surface area contributed by atoms with Gasteiger partial charge in [0.25, 0.3) is 0 Å². The molecule has 0 aromatic heterocycles. The summed E-state index contributed by atoms with van der Waals surface area (Å²) in [5.41, 5.74) is -0.618. The molecule has 0 rings (SSSR count). The lowest BCUT2D eigenvalue weighted by Gasteiger charge is -2.14. The number of halogens is 1. The predicted molar refractivity (Wildman–Crippen MR) is 45.3 cm³/mol. The molecule has 0 aliphatic heterocycles. The monoisotopic (exact) mass is 174 g/mol. The number of hydrogen-bond acceptors (Lipinski definition) is 2. The van der Waals surface area contributed by atoms with E-state index in [1.54, 1.807) is 27.7 Å². The first-order valence-electron chi connectivity index (χ1n) is 3.92. The lowest BCUT2D eigenvalue weighted by Crippen LogP contribution is -2.09. The van der Waals surface area contributed by atoms with E-state index >= 15 is 0 Å². The maximum absolute atomic E-state index is 13.0. The van der Waals surface area contributed by atoms with Gasteiger partial charge in [0, 0.05) is 5.41 Å². The molecular weight excluding hydrogens is 159 g/mol. The lowest BCUT2D eigenvalue weighted by molar-refractivity contribution is -0.137. The van der Waals surface area contributed by atoms with Crippen molar-refractivity contribution in [3.8, 4) is 0 Å². The minimum Gasteiger partial charge on any atom is -0.463 e. The molecule has 0 aliphatic carbocycles. The summed E-state index contributed by atoms with van der Waals surface area (Å²) in [5.74, 6) is -1.08. The zero-order chi connectivity index (χ0) is 9.78. The van der Waals surface area contributed by atoms with Gasteiger partial charge in [-0.3, -0.25) is 0 Å². The van der Waals surface area contributed by atoms with Crippen LogP contribution < -0.4 is 0 Å². The van der Waals surface area contributed by atoms with E-state index in [2.05, 4.69) is 4.74 Å². The molecule has 3 heteroatoms. The highest BCUT2D eigenvalue weighted by Gasteiger charge is 2.18. The predicted octanol–water partition coefficient (Wildman–Crippen LogP) is 2.45. The first-order valence-corrected chi connectivity index (χ1v) is 3.92. The zero-order valence-corrected chi connectivity index (χ0v) is 7.98. The number of carbonyl (C=O) groups is 1. The molecule has 2 nitrogen and oxygen atoms in total. The average Bonchev–Trinajstić information content (AvgIpc) is 1.85. The second-order valence-electron chi connectivity index (χ2n) is 3.49. The van der Waals surface area contributed by atoms with Crippen molar-refractivity contribution >= 4 is 5.97 Å². The highest BCUT2D eigenvalue weighted by molar-refractivity contribution is 5.82. The second-order valence-corrected chi connectivity index (χ2v) is 3.49. The van der Waals surface area contributed by atoms with Crippen LogP contribution in [0.15, 0.2) is 11.9 Å². The smallest absolute Gasteiger partial charge is 0.333 e. The fourth-order valence-corrected chi connectivity index (χ4v) is 0.504. The number of esters is 1. The fraction of sp³-hybridized carbons (Fsp3) is 0.667. The van der Waals surface area contributed by atoms with Crippen molar-refractivity contribution in [3.05, 3.63) is 11.9 Å². The first kappa shape index (κ1) is 11.1. The first-order chi connectivity index (χ1) is 5.38. The number of ether oxygens (including phenoxy) is 1. The minimum atomic E-state index is -0.620. The van der Waals surface area contributed by atoms with E-state index in [1.165, 1.54) is 0 Å². The molecule has 0 aromatic carbocycles. The Morgan fingerprint density at radius 2 is 2.00 bits per heavy atom. The van der Waals surface area contributed by atoms with Crippen LogP contribution in [0, 0.1) is 5.41 Å². The van der Waals surface area contributed by atoms with Gasteiger partial charge in [-0.2, -0.15) is 0 Å². The zero-order valence-electron chi connectivity index (χ0n) is 7.98. The third kappa shape index (κ3) is 4.11. The highest BCUT2D eigenvalue weighted by atomic mass is 19.1. The van der Waals surface area contributed by atoms with Gasteiger partial charge in [-0.1, -0.05) is 20.8 Å². The summed E-state index contributed by atoms with van der Waals surface area (Å²) in [7, 11) is 0. The van der Waals surface area contributed by atoms with E-state index in [0.29, 0.717) is 0 Å². The maximum atomic E-state index is 13.0. The molecule has 0 aliphatic rings. The summed E-state index contributed by atoms with van der Waals surface area (Å²) in [6.07, 6.45) is 0.892. The summed E-state index contributed by atoms with van der Waals surface area (Å²) >= 11 is 0. The van der Waals surface area contributed by atoms with Crippen molar-refractivity contribution in [1.29, 1.82) is 0 Å². The molecule has 0 spiro atoms. The van der Waals surface area contributed by atoms with Crippen LogP contribution in [-0.4, -0.2) is 12.6 Å². The Hall–Kier alpha value is -0.860. The summed E-state index contributed by atoms with van der Waals surface area (Å²) in [4.78, 5) is 10.8. The Balaban J connectivity index is 4.26. The fourth-order valence-electron chi connectivity index (χ4n) is 0.504. The quantitative estimate of drug-likeness (QED) is 0.474. The van der Waals surface area contributed by atoms with Crippen LogP contribution in [0.2, 0.25) is 0 Å². The standard InChI is InChI=1S/C9H15FO2/c1-5-12-8(11)6-7(10)9(2,3)4/h6H,5H2,1-4H3/b7-6-. The molecule has 0 fully saturated rings. The van der Waals surface area contributed by atoms with Crippen LogP contribution in [0.4, 0.5) is 4.39 Å². The van der Waals surface area contributed by atoms with E-state index in [1.807, 2.05) is 0 Å². The molecule has 0 heterocycles. The molecule has 12 heavy (non-hydrogen) atoms. The number of carbonyl (C=O) groups excluding carboxylic acids is 1. The van der Waals surface area contributed by atoms with E-state index in [9.17, 15) is 9.18 Å².